The number of benzene rings is 1. The SMILES string of the molecule is Cc1ccc2c(c1)nc(CCCl)n2N1CCOCC1. The van der Waals surface area contributed by atoms with Crippen LogP contribution in [0.5, 0.6) is 0 Å². The van der Waals surface area contributed by atoms with Crippen LogP contribution in [0.3, 0.4) is 0 Å². The number of aryl methyl sites for hydroxylation is 2. The van der Waals surface area contributed by atoms with E-state index in [9.17, 15) is 0 Å². The second kappa shape index (κ2) is 5.39. The summed E-state index contributed by atoms with van der Waals surface area (Å²) in [6, 6.07) is 6.40. The standard InChI is InChI=1S/C14H18ClN3O/c1-11-2-3-13-12(10-11)16-14(4-5-15)18(13)17-6-8-19-9-7-17/h2-3,10H,4-9H2,1H3. The first-order chi connectivity index (χ1) is 9.29. The molecule has 1 fully saturated rings. The molecule has 102 valence electrons. The van der Waals surface area contributed by atoms with Gasteiger partial charge in [0.15, 0.2) is 0 Å². The smallest absolute Gasteiger partial charge is 0.130 e. The summed E-state index contributed by atoms with van der Waals surface area (Å²) in [6.45, 7) is 5.43. The minimum atomic E-state index is 0.590. The van der Waals surface area contributed by atoms with Crippen molar-refractivity contribution in [1.82, 2.24) is 9.66 Å². The van der Waals surface area contributed by atoms with Crippen molar-refractivity contribution >= 4 is 22.6 Å². The van der Waals surface area contributed by atoms with Gasteiger partial charge in [-0.05, 0) is 24.6 Å². The summed E-state index contributed by atoms with van der Waals surface area (Å²) in [5.74, 6) is 1.63. The average Bonchev–Trinajstić information content (AvgIpc) is 2.77. The molecule has 1 saturated heterocycles. The maximum Gasteiger partial charge on any atom is 0.130 e. The normalized spacial score (nSPS) is 16.2. The van der Waals surface area contributed by atoms with Crippen LogP contribution < -0.4 is 5.01 Å². The molecular formula is C14H18ClN3O. The fraction of sp³-hybridized carbons (Fsp3) is 0.500. The lowest BCUT2D eigenvalue weighted by Gasteiger charge is -2.31. The van der Waals surface area contributed by atoms with Crippen molar-refractivity contribution in [2.45, 2.75) is 13.3 Å². The fourth-order valence-corrected chi connectivity index (χ4v) is 2.71. The molecule has 1 aliphatic rings. The highest BCUT2D eigenvalue weighted by Crippen LogP contribution is 2.19. The topological polar surface area (TPSA) is 30.3 Å². The van der Waals surface area contributed by atoms with Crippen molar-refractivity contribution in [2.24, 2.45) is 0 Å². The Balaban J connectivity index is 2.09. The van der Waals surface area contributed by atoms with Gasteiger partial charge in [-0.2, -0.15) is 0 Å². The lowest BCUT2D eigenvalue weighted by atomic mass is 10.2. The van der Waals surface area contributed by atoms with Crippen molar-refractivity contribution in [3.05, 3.63) is 29.6 Å². The largest absolute Gasteiger partial charge is 0.378 e. The van der Waals surface area contributed by atoms with Gasteiger partial charge >= 0.3 is 0 Å². The third-order valence-electron chi connectivity index (χ3n) is 3.44. The molecule has 1 aliphatic heterocycles. The zero-order valence-corrected chi connectivity index (χ0v) is 11.9. The Morgan fingerprint density at radius 2 is 2.11 bits per heavy atom. The van der Waals surface area contributed by atoms with Gasteiger partial charge < -0.3 is 9.75 Å². The molecule has 0 spiro atoms. The van der Waals surface area contributed by atoms with Gasteiger partial charge in [-0.25, -0.2) is 9.66 Å². The molecule has 1 aromatic heterocycles. The Bertz CT molecular complexity index is 575. The van der Waals surface area contributed by atoms with Crippen molar-refractivity contribution in [3.8, 4) is 0 Å². The summed E-state index contributed by atoms with van der Waals surface area (Å²) in [7, 11) is 0. The first kappa shape index (κ1) is 12.8. The maximum atomic E-state index is 5.91. The van der Waals surface area contributed by atoms with Gasteiger partial charge in [-0.15, -0.1) is 11.6 Å². The quantitative estimate of drug-likeness (QED) is 0.806. The number of rotatable bonds is 3. The second-order valence-corrected chi connectivity index (χ2v) is 5.21. The number of imidazole rings is 1. The predicted octanol–water partition coefficient (Wildman–Crippen LogP) is 2.09. The van der Waals surface area contributed by atoms with Gasteiger partial charge in [0.25, 0.3) is 0 Å². The number of fused-ring (bicyclic) bond motifs is 1. The third-order valence-corrected chi connectivity index (χ3v) is 3.63. The molecule has 2 aromatic rings. The second-order valence-electron chi connectivity index (χ2n) is 4.84. The van der Waals surface area contributed by atoms with Gasteiger partial charge in [0.2, 0.25) is 0 Å². The van der Waals surface area contributed by atoms with Gasteiger partial charge in [0, 0.05) is 12.3 Å². The Morgan fingerprint density at radius 1 is 1.32 bits per heavy atom. The van der Waals surface area contributed by atoms with Gasteiger partial charge in [0.1, 0.15) is 5.82 Å². The highest BCUT2D eigenvalue weighted by molar-refractivity contribution is 6.17. The summed E-state index contributed by atoms with van der Waals surface area (Å²) in [5, 5.41) is 2.30. The lowest BCUT2D eigenvalue weighted by molar-refractivity contribution is 0.111. The molecule has 0 radical (unpaired) electrons. The molecular weight excluding hydrogens is 262 g/mol. The van der Waals surface area contributed by atoms with Gasteiger partial charge in [0.05, 0.1) is 37.3 Å². The van der Waals surface area contributed by atoms with E-state index >= 15 is 0 Å². The summed E-state index contributed by atoms with van der Waals surface area (Å²) in [5.41, 5.74) is 3.44. The number of hydrogen-bond acceptors (Lipinski definition) is 3. The molecule has 0 atom stereocenters. The molecule has 3 rings (SSSR count). The van der Waals surface area contributed by atoms with Crippen LogP contribution >= 0.6 is 11.6 Å². The molecule has 4 nitrogen and oxygen atoms in total. The van der Waals surface area contributed by atoms with Crippen LogP contribution in [0.1, 0.15) is 11.4 Å². The van der Waals surface area contributed by atoms with Crippen molar-refractivity contribution in [3.63, 3.8) is 0 Å². The van der Waals surface area contributed by atoms with Crippen LogP contribution in [0.15, 0.2) is 18.2 Å². The van der Waals surface area contributed by atoms with Crippen LogP contribution in [0.25, 0.3) is 11.0 Å². The lowest BCUT2D eigenvalue weighted by Crippen LogP contribution is -2.44. The zero-order valence-electron chi connectivity index (χ0n) is 11.1. The maximum absolute atomic E-state index is 5.91. The third kappa shape index (κ3) is 2.42. The summed E-state index contributed by atoms with van der Waals surface area (Å²) in [6.07, 6.45) is 0.784. The monoisotopic (exact) mass is 279 g/mol. The number of aromatic nitrogens is 2. The predicted molar refractivity (Wildman–Crippen MR) is 77.7 cm³/mol. The van der Waals surface area contributed by atoms with E-state index in [2.05, 4.69) is 34.8 Å². The van der Waals surface area contributed by atoms with E-state index in [0.717, 1.165) is 49.6 Å². The van der Waals surface area contributed by atoms with E-state index in [1.807, 2.05) is 0 Å². The minimum Gasteiger partial charge on any atom is -0.378 e. The first-order valence-electron chi connectivity index (χ1n) is 6.66. The highest BCUT2D eigenvalue weighted by atomic mass is 35.5. The van der Waals surface area contributed by atoms with E-state index in [4.69, 9.17) is 21.3 Å². The minimum absolute atomic E-state index is 0.590. The zero-order chi connectivity index (χ0) is 13.2. The summed E-state index contributed by atoms with van der Waals surface area (Å²) in [4.78, 5) is 4.73. The Kier molecular flexibility index (Phi) is 3.62. The van der Waals surface area contributed by atoms with Crippen LogP contribution in [-0.4, -0.2) is 41.8 Å². The molecule has 2 heterocycles. The van der Waals surface area contributed by atoms with E-state index in [1.165, 1.54) is 5.56 Å². The van der Waals surface area contributed by atoms with E-state index in [0.29, 0.717) is 5.88 Å². The number of hydrogen-bond donors (Lipinski definition) is 0. The van der Waals surface area contributed by atoms with Crippen molar-refractivity contribution in [1.29, 1.82) is 0 Å². The summed E-state index contributed by atoms with van der Waals surface area (Å²) < 4.78 is 7.65. The Morgan fingerprint density at radius 3 is 2.84 bits per heavy atom. The number of nitrogens with zero attached hydrogens (tertiary/aromatic N) is 3. The van der Waals surface area contributed by atoms with Gasteiger partial charge in [-0.1, -0.05) is 6.07 Å². The van der Waals surface area contributed by atoms with Crippen LogP contribution in [0.4, 0.5) is 0 Å². The highest BCUT2D eigenvalue weighted by Gasteiger charge is 2.18. The molecule has 0 unspecified atom stereocenters. The van der Waals surface area contributed by atoms with Crippen LogP contribution in [0.2, 0.25) is 0 Å². The van der Waals surface area contributed by atoms with Crippen LogP contribution in [0, 0.1) is 6.92 Å². The van der Waals surface area contributed by atoms with Crippen molar-refractivity contribution in [2.75, 3.05) is 37.2 Å². The number of ether oxygens (including phenoxy) is 1. The Labute approximate surface area is 117 Å². The number of alkyl halides is 1. The van der Waals surface area contributed by atoms with Crippen molar-refractivity contribution < 1.29 is 4.74 Å². The van der Waals surface area contributed by atoms with Crippen LogP contribution in [-0.2, 0) is 11.2 Å². The molecule has 0 aliphatic carbocycles. The molecule has 0 amide bonds. The van der Waals surface area contributed by atoms with E-state index in [-0.39, 0.29) is 0 Å². The average molecular weight is 280 g/mol. The van der Waals surface area contributed by atoms with Gasteiger partial charge in [-0.3, -0.25) is 0 Å². The molecule has 1 aromatic carbocycles. The Hall–Kier alpha value is -1.26. The molecule has 19 heavy (non-hydrogen) atoms. The number of halogens is 1. The first-order valence-corrected chi connectivity index (χ1v) is 7.20. The van der Waals surface area contributed by atoms with E-state index in [1.54, 1.807) is 0 Å². The molecule has 0 N–H and O–H groups in total. The molecule has 0 saturated carbocycles. The molecule has 5 heteroatoms. The summed E-state index contributed by atoms with van der Waals surface area (Å²) >= 11 is 5.91. The number of morpholine rings is 1. The van der Waals surface area contributed by atoms with E-state index < -0.39 is 0 Å². The fourth-order valence-electron chi connectivity index (χ4n) is 2.54. The molecule has 0 bridgehead atoms.